The molecule has 1 rings (SSSR count). The molecule has 0 saturated carbocycles. The van der Waals surface area contributed by atoms with E-state index in [0.717, 1.165) is 6.07 Å². The lowest BCUT2D eigenvalue weighted by Crippen LogP contribution is -2.18. The van der Waals surface area contributed by atoms with Crippen LogP contribution in [-0.2, 0) is 5.33 Å². The minimum absolute atomic E-state index is 0.106. The van der Waals surface area contributed by atoms with Crippen molar-refractivity contribution in [2.75, 3.05) is 0 Å². The molecule has 0 saturated heterocycles. The molecule has 15 heavy (non-hydrogen) atoms. The Morgan fingerprint density at radius 3 is 2.60 bits per heavy atom. The van der Waals surface area contributed by atoms with Gasteiger partial charge >= 0.3 is 6.36 Å². The molecule has 0 unspecified atom stereocenters. The van der Waals surface area contributed by atoms with Gasteiger partial charge in [-0.05, 0) is 12.5 Å². The fraction of sp³-hybridized carbons (Fsp3) is 0.375. The zero-order chi connectivity index (χ0) is 11.6. The highest BCUT2D eigenvalue weighted by Gasteiger charge is 2.32. The van der Waals surface area contributed by atoms with E-state index in [1.54, 1.807) is 0 Å². The van der Waals surface area contributed by atoms with Crippen LogP contribution in [0.15, 0.2) is 6.07 Å². The summed E-state index contributed by atoms with van der Waals surface area (Å²) in [4.78, 5) is 3.50. The number of ether oxygens (including phenoxy) is 1. The number of aryl methyl sites for hydroxylation is 1. The summed E-state index contributed by atoms with van der Waals surface area (Å²) in [6.45, 7) is 1.46. The fourth-order valence-corrected chi connectivity index (χ4v) is 1.35. The maximum absolute atomic E-state index is 11.9. The molecule has 0 atom stereocenters. The molecule has 0 aliphatic rings. The third-order valence-corrected chi connectivity index (χ3v) is 2.11. The number of alkyl halides is 4. The summed E-state index contributed by atoms with van der Waals surface area (Å²) in [6, 6.07) is 1.02. The zero-order valence-electron chi connectivity index (χ0n) is 7.60. The van der Waals surface area contributed by atoms with Crippen LogP contribution in [-0.4, -0.2) is 16.5 Å². The van der Waals surface area contributed by atoms with Crippen LogP contribution in [0, 0.1) is 6.92 Å². The van der Waals surface area contributed by atoms with Crippen LogP contribution in [0.1, 0.15) is 11.3 Å². The van der Waals surface area contributed by atoms with Crippen molar-refractivity contribution in [2.24, 2.45) is 0 Å². The van der Waals surface area contributed by atoms with Gasteiger partial charge in [-0.25, -0.2) is 4.98 Å². The molecule has 0 spiro atoms. The van der Waals surface area contributed by atoms with E-state index in [4.69, 9.17) is 0 Å². The third kappa shape index (κ3) is 3.26. The number of halogens is 4. The normalized spacial score (nSPS) is 11.5. The standard InChI is InChI=1S/C8H7BrF3NO2/c1-4-2-6(15-8(10,11)12)13-5(3-9)7(4)14/h2,14H,3H2,1H3. The first-order valence-corrected chi connectivity index (χ1v) is 4.97. The van der Waals surface area contributed by atoms with E-state index in [2.05, 4.69) is 25.7 Å². The Morgan fingerprint density at radius 1 is 1.53 bits per heavy atom. The van der Waals surface area contributed by atoms with Crippen molar-refractivity contribution in [2.45, 2.75) is 18.6 Å². The van der Waals surface area contributed by atoms with Gasteiger partial charge in [0.25, 0.3) is 0 Å². The number of hydrogen-bond donors (Lipinski definition) is 1. The maximum atomic E-state index is 11.9. The number of aromatic nitrogens is 1. The van der Waals surface area contributed by atoms with Gasteiger partial charge in [-0.3, -0.25) is 0 Å². The summed E-state index contributed by atoms with van der Waals surface area (Å²) < 4.78 is 39.3. The molecule has 0 amide bonds. The van der Waals surface area contributed by atoms with Crippen LogP contribution < -0.4 is 4.74 Å². The largest absolute Gasteiger partial charge is 0.574 e. The van der Waals surface area contributed by atoms with Crippen LogP contribution in [0.5, 0.6) is 11.6 Å². The Bertz CT molecular complexity index is 368. The highest BCUT2D eigenvalue weighted by atomic mass is 79.9. The van der Waals surface area contributed by atoms with Crippen molar-refractivity contribution < 1.29 is 23.0 Å². The van der Waals surface area contributed by atoms with Gasteiger partial charge in [0.05, 0.1) is 5.69 Å². The van der Waals surface area contributed by atoms with Gasteiger partial charge in [-0.2, -0.15) is 0 Å². The average Bonchev–Trinajstić information content (AvgIpc) is 2.08. The number of hydrogen-bond acceptors (Lipinski definition) is 3. The molecule has 0 radical (unpaired) electrons. The molecule has 1 N–H and O–H groups in total. The number of rotatable bonds is 2. The lowest BCUT2D eigenvalue weighted by atomic mass is 10.2. The molecule has 1 aromatic rings. The highest BCUT2D eigenvalue weighted by Crippen LogP contribution is 2.28. The smallest absolute Gasteiger partial charge is 0.506 e. The number of aromatic hydroxyl groups is 1. The highest BCUT2D eigenvalue weighted by molar-refractivity contribution is 9.08. The van der Waals surface area contributed by atoms with E-state index in [1.165, 1.54) is 6.92 Å². The van der Waals surface area contributed by atoms with Crippen molar-refractivity contribution in [3.8, 4) is 11.6 Å². The summed E-state index contributed by atoms with van der Waals surface area (Å²) in [7, 11) is 0. The van der Waals surface area contributed by atoms with Crippen molar-refractivity contribution >= 4 is 15.9 Å². The van der Waals surface area contributed by atoms with Gasteiger partial charge < -0.3 is 9.84 Å². The summed E-state index contributed by atoms with van der Waals surface area (Å²) in [6.07, 6.45) is -4.78. The summed E-state index contributed by atoms with van der Waals surface area (Å²) in [5.74, 6) is -0.714. The summed E-state index contributed by atoms with van der Waals surface area (Å²) >= 11 is 3.00. The fourth-order valence-electron chi connectivity index (χ4n) is 0.963. The van der Waals surface area contributed by atoms with E-state index in [0.29, 0.717) is 0 Å². The molecule has 0 fully saturated rings. The molecule has 7 heteroatoms. The molecule has 84 valence electrons. The van der Waals surface area contributed by atoms with Crippen LogP contribution in [0.3, 0.4) is 0 Å². The van der Waals surface area contributed by atoms with Crippen LogP contribution in [0.4, 0.5) is 13.2 Å². The van der Waals surface area contributed by atoms with Crippen molar-refractivity contribution in [3.05, 3.63) is 17.3 Å². The minimum Gasteiger partial charge on any atom is -0.506 e. The Kier molecular flexibility index (Phi) is 3.43. The molecule has 1 heterocycles. The molecule has 1 aromatic heterocycles. The number of nitrogens with zero attached hydrogens (tertiary/aromatic N) is 1. The lowest BCUT2D eigenvalue weighted by molar-refractivity contribution is -0.276. The lowest BCUT2D eigenvalue weighted by Gasteiger charge is -2.10. The Balaban J connectivity index is 3.06. The quantitative estimate of drug-likeness (QED) is 0.850. The second-order valence-electron chi connectivity index (χ2n) is 2.75. The first-order valence-electron chi connectivity index (χ1n) is 3.84. The van der Waals surface area contributed by atoms with Crippen molar-refractivity contribution in [3.63, 3.8) is 0 Å². The van der Waals surface area contributed by atoms with Crippen LogP contribution in [0.25, 0.3) is 0 Å². The summed E-state index contributed by atoms with van der Waals surface area (Å²) in [5.41, 5.74) is 0.382. The topological polar surface area (TPSA) is 42.4 Å². The van der Waals surface area contributed by atoms with E-state index in [1.807, 2.05) is 0 Å². The van der Waals surface area contributed by atoms with Gasteiger partial charge in [0, 0.05) is 11.4 Å². The molecular formula is C8H7BrF3NO2. The molecule has 0 aliphatic carbocycles. The van der Waals surface area contributed by atoms with Crippen LogP contribution >= 0.6 is 15.9 Å². The van der Waals surface area contributed by atoms with Crippen molar-refractivity contribution in [1.82, 2.24) is 4.98 Å². The van der Waals surface area contributed by atoms with E-state index in [9.17, 15) is 18.3 Å². The first-order chi connectivity index (χ1) is 6.83. The molecule has 0 aliphatic heterocycles. The minimum atomic E-state index is -4.78. The Labute approximate surface area is 92.0 Å². The van der Waals surface area contributed by atoms with Crippen LogP contribution in [0.2, 0.25) is 0 Å². The third-order valence-electron chi connectivity index (χ3n) is 1.58. The monoisotopic (exact) mass is 285 g/mol. The maximum Gasteiger partial charge on any atom is 0.574 e. The second-order valence-corrected chi connectivity index (χ2v) is 3.31. The van der Waals surface area contributed by atoms with Gasteiger partial charge in [0.2, 0.25) is 5.88 Å². The molecule has 3 nitrogen and oxygen atoms in total. The van der Waals surface area contributed by atoms with E-state index >= 15 is 0 Å². The molecule has 0 bridgehead atoms. The second kappa shape index (κ2) is 4.26. The SMILES string of the molecule is Cc1cc(OC(F)(F)F)nc(CBr)c1O. The van der Waals surface area contributed by atoms with Gasteiger partial charge in [-0.1, -0.05) is 15.9 Å². The zero-order valence-corrected chi connectivity index (χ0v) is 9.18. The van der Waals surface area contributed by atoms with Gasteiger partial charge in [-0.15, -0.1) is 13.2 Å². The van der Waals surface area contributed by atoms with Gasteiger partial charge in [0.1, 0.15) is 5.75 Å². The Morgan fingerprint density at radius 2 is 2.13 bits per heavy atom. The average molecular weight is 286 g/mol. The predicted molar refractivity (Wildman–Crippen MR) is 50.0 cm³/mol. The Hall–Kier alpha value is -0.980. The van der Waals surface area contributed by atoms with Gasteiger partial charge in [0.15, 0.2) is 0 Å². The van der Waals surface area contributed by atoms with E-state index < -0.39 is 12.2 Å². The van der Waals surface area contributed by atoms with Crippen molar-refractivity contribution in [1.29, 1.82) is 0 Å². The number of pyridine rings is 1. The predicted octanol–water partition coefficient (Wildman–Crippen LogP) is 2.89. The summed E-state index contributed by atoms with van der Waals surface area (Å²) in [5, 5.41) is 9.54. The molecule has 0 aromatic carbocycles. The molecular weight excluding hydrogens is 279 g/mol. The first kappa shape index (κ1) is 12.1. The van der Waals surface area contributed by atoms with E-state index in [-0.39, 0.29) is 22.3 Å².